The second kappa shape index (κ2) is 7.64. The van der Waals surface area contributed by atoms with Gasteiger partial charge in [0.1, 0.15) is 0 Å². The van der Waals surface area contributed by atoms with Crippen molar-refractivity contribution >= 4 is 0 Å². The summed E-state index contributed by atoms with van der Waals surface area (Å²) in [5, 5.41) is 10.00. The molecule has 0 spiro atoms. The van der Waals surface area contributed by atoms with Gasteiger partial charge in [-0.25, -0.2) is 0 Å². The van der Waals surface area contributed by atoms with Gasteiger partial charge in [-0.15, -0.1) is 0 Å². The molecule has 1 heterocycles. The fraction of sp³-hybridized carbons (Fsp3) is 0.706. The van der Waals surface area contributed by atoms with Crippen LogP contribution in [0.25, 0.3) is 0 Å². The Hall–Kier alpha value is -0.890. The third-order valence-electron chi connectivity index (χ3n) is 4.32. The van der Waals surface area contributed by atoms with Crippen LogP contribution in [0, 0.1) is 5.92 Å². The van der Waals surface area contributed by atoms with Gasteiger partial charge < -0.3 is 5.11 Å². The maximum Gasteiger partial charge on any atom is 0.0959 e. The zero-order valence-corrected chi connectivity index (χ0v) is 12.1. The number of aromatic nitrogens is 1. The van der Waals surface area contributed by atoms with Crippen LogP contribution in [-0.2, 0) is 6.42 Å². The predicted octanol–water partition coefficient (Wildman–Crippen LogP) is 4.43. The molecule has 1 aromatic heterocycles. The zero-order chi connectivity index (χ0) is 13.5. The number of rotatable bonds is 6. The average molecular weight is 261 g/mol. The van der Waals surface area contributed by atoms with Crippen molar-refractivity contribution in [3.8, 4) is 0 Å². The number of nitrogens with zero attached hydrogens (tertiary/aromatic N) is 1. The average Bonchev–Trinajstić information content (AvgIpc) is 2.47. The first kappa shape index (κ1) is 14.5. The molecule has 0 amide bonds. The van der Waals surface area contributed by atoms with Gasteiger partial charge in [0.25, 0.3) is 0 Å². The van der Waals surface area contributed by atoms with Crippen molar-refractivity contribution in [1.29, 1.82) is 0 Å². The molecular formula is C17H27NO. The Balaban J connectivity index is 1.87. The van der Waals surface area contributed by atoms with E-state index in [9.17, 15) is 5.11 Å². The normalized spacial score (nSPS) is 18.4. The van der Waals surface area contributed by atoms with Crippen LogP contribution >= 0.6 is 0 Å². The van der Waals surface area contributed by atoms with Crippen molar-refractivity contribution in [3.63, 3.8) is 0 Å². The third-order valence-corrected chi connectivity index (χ3v) is 4.32. The number of hydrogen-bond donors (Lipinski definition) is 1. The van der Waals surface area contributed by atoms with Crippen LogP contribution < -0.4 is 0 Å². The summed E-state index contributed by atoms with van der Waals surface area (Å²) in [6.45, 7) is 2.09. The molecule has 0 saturated heterocycles. The second-order valence-electron chi connectivity index (χ2n) is 5.94. The monoisotopic (exact) mass is 261 g/mol. The Kier molecular flexibility index (Phi) is 5.84. The largest absolute Gasteiger partial charge is 0.387 e. The lowest BCUT2D eigenvalue weighted by Gasteiger charge is -2.21. The Labute approximate surface area is 117 Å². The maximum atomic E-state index is 10.00. The first-order valence-electron chi connectivity index (χ1n) is 7.92. The summed E-state index contributed by atoms with van der Waals surface area (Å²) in [7, 11) is 0. The van der Waals surface area contributed by atoms with Crippen LogP contribution in [0.1, 0.15) is 75.7 Å². The lowest BCUT2D eigenvalue weighted by atomic mass is 9.85. The minimum absolute atomic E-state index is 0.389. The maximum absolute atomic E-state index is 10.00. The molecule has 2 heteroatoms. The van der Waals surface area contributed by atoms with Crippen LogP contribution in [0.3, 0.4) is 0 Å². The van der Waals surface area contributed by atoms with Gasteiger partial charge >= 0.3 is 0 Å². The van der Waals surface area contributed by atoms with Crippen LogP contribution in [0.5, 0.6) is 0 Å². The third kappa shape index (κ3) is 4.61. The van der Waals surface area contributed by atoms with Crippen LogP contribution in [0.4, 0.5) is 0 Å². The van der Waals surface area contributed by atoms with Crippen LogP contribution in [0.2, 0.25) is 0 Å². The molecule has 0 bridgehead atoms. The topological polar surface area (TPSA) is 33.1 Å². The lowest BCUT2D eigenvalue weighted by Crippen LogP contribution is -2.08. The van der Waals surface area contributed by atoms with Crippen molar-refractivity contribution in [2.75, 3.05) is 0 Å². The summed E-state index contributed by atoms with van der Waals surface area (Å²) >= 11 is 0. The molecule has 106 valence electrons. The van der Waals surface area contributed by atoms with Gasteiger partial charge in [0, 0.05) is 6.20 Å². The van der Waals surface area contributed by atoms with Gasteiger partial charge in [0.2, 0.25) is 0 Å². The summed E-state index contributed by atoms with van der Waals surface area (Å²) in [6.07, 6.45) is 12.8. The molecule has 0 aliphatic heterocycles. The van der Waals surface area contributed by atoms with Crippen molar-refractivity contribution in [2.45, 2.75) is 70.8 Å². The zero-order valence-electron chi connectivity index (χ0n) is 12.1. The minimum atomic E-state index is -0.389. The van der Waals surface area contributed by atoms with Gasteiger partial charge in [0.15, 0.2) is 0 Å². The molecule has 0 aromatic carbocycles. The van der Waals surface area contributed by atoms with Crippen LogP contribution in [-0.4, -0.2) is 10.1 Å². The molecule has 2 nitrogen and oxygen atoms in total. The van der Waals surface area contributed by atoms with Gasteiger partial charge in [-0.3, -0.25) is 4.98 Å². The van der Waals surface area contributed by atoms with Crippen molar-refractivity contribution in [3.05, 3.63) is 29.6 Å². The Morgan fingerprint density at radius 2 is 2.11 bits per heavy atom. The molecule has 1 atom stereocenters. The molecule has 0 radical (unpaired) electrons. The van der Waals surface area contributed by atoms with Crippen molar-refractivity contribution in [1.82, 2.24) is 4.98 Å². The van der Waals surface area contributed by atoms with Gasteiger partial charge in [0.05, 0.1) is 11.8 Å². The van der Waals surface area contributed by atoms with Gasteiger partial charge in [-0.1, -0.05) is 45.4 Å². The molecule has 2 rings (SSSR count). The molecule has 1 fully saturated rings. The highest BCUT2D eigenvalue weighted by atomic mass is 16.3. The lowest BCUT2D eigenvalue weighted by molar-refractivity contribution is 0.161. The quantitative estimate of drug-likeness (QED) is 0.822. The van der Waals surface area contributed by atoms with E-state index in [1.165, 1.54) is 44.1 Å². The first-order chi connectivity index (χ1) is 9.29. The van der Waals surface area contributed by atoms with Gasteiger partial charge in [-0.2, -0.15) is 0 Å². The molecular weight excluding hydrogens is 234 g/mol. The highest BCUT2D eigenvalue weighted by Crippen LogP contribution is 2.27. The SMILES string of the molecule is CCCC(O)c1cc(CCC2CCCCC2)ccn1. The minimum Gasteiger partial charge on any atom is -0.387 e. The molecule has 1 aliphatic rings. The molecule has 19 heavy (non-hydrogen) atoms. The van der Waals surface area contributed by atoms with Crippen LogP contribution in [0.15, 0.2) is 18.3 Å². The highest BCUT2D eigenvalue weighted by Gasteiger charge is 2.14. The predicted molar refractivity (Wildman–Crippen MR) is 79.0 cm³/mol. The summed E-state index contributed by atoms with van der Waals surface area (Å²) < 4.78 is 0. The summed E-state index contributed by atoms with van der Waals surface area (Å²) in [6, 6.07) is 4.20. The standard InChI is InChI=1S/C17H27NO/c1-2-6-17(19)16-13-15(11-12-18-16)10-9-14-7-4-3-5-8-14/h11-14,17,19H,2-10H2,1H3. The molecule has 1 saturated carbocycles. The molecule has 1 unspecified atom stereocenters. The van der Waals surface area contributed by atoms with E-state index in [4.69, 9.17) is 0 Å². The second-order valence-corrected chi connectivity index (χ2v) is 5.94. The fourth-order valence-corrected chi connectivity index (χ4v) is 3.10. The van der Waals surface area contributed by atoms with E-state index in [-0.39, 0.29) is 6.10 Å². The number of hydrogen-bond acceptors (Lipinski definition) is 2. The van der Waals surface area contributed by atoms with E-state index in [0.29, 0.717) is 0 Å². The number of aliphatic hydroxyl groups excluding tert-OH is 1. The Morgan fingerprint density at radius 3 is 2.84 bits per heavy atom. The number of pyridine rings is 1. The first-order valence-corrected chi connectivity index (χ1v) is 7.92. The van der Waals surface area contributed by atoms with Gasteiger partial charge in [-0.05, 0) is 42.9 Å². The van der Waals surface area contributed by atoms with E-state index in [2.05, 4.69) is 24.0 Å². The highest BCUT2D eigenvalue weighted by molar-refractivity contribution is 5.18. The summed E-state index contributed by atoms with van der Waals surface area (Å²) in [5.41, 5.74) is 2.19. The van der Waals surface area contributed by atoms with Crippen molar-refractivity contribution in [2.24, 2.45) is 5.92 Å². The Morgan fingerprint density at radius 1 is 1.32 bits per heavy atom. The summed E-state index contributed by atoms with van der Waals surface area (Å²) in [5.74, 6) is 0.922. The van der Waals surface area contributed by atoms with Crippen molar-refractivity contribution < 1.29 is 5.11 Å². The van der Waals surface area contributed by atoms with E-state index >= 15 is 0 Å². The fourth-order valence-electron chi connectivity index (χ4n) is 3.10. The van der Waals surface area contributed by atoms with E-state index in [1.807, 2.05) is 6.20 Å². The smallest absolute Gasteiger partial charge is 0.0959 e. The summed E-state index contributed by atoms with van der Waals surface area (Å²) in [4.78, 5) is 4.30. The van der Waals surface area contributed by atoms with E-state index in [0.717, 1.165) is 30.9 Å². The molecule has 1 aliphatic carbocycles. The van der Waals surface area contributed by atoms with E-state index < -0.39 is 0 Å². The molecule has 1 aromatic rings. The molecule has 1 N–H and O–H groups in total. The number of aryl methyl sites for hydroxylation is 1. The number of aliphatic hydroxyl groups is 1. The van der Waals surface area contributed by atoms with E-state index in [1.54, 1.807) is 0 Å². The Bertz CT molecular complexity index is 371.